The van der Waals surface area contributed by atoms with Crippen LogP contribution in [-0.2, 0) is 11.3 Å². The summed E-state index contributed by atoms with van der Waals surface area (Å²) in [5, 5.41) is 4.92. The highest BCUT2D eigenvalue weighted by atomic mass is 35.5. The number of aryl methyl sites for hydroxylation is 2. The Hall–Kier alpha value is -3.03. The van der Waals surface area contributed by atoms with Crippen molar-refractivity contribution < 1.29 is 9.18 Å². The summed E-state index contributed by atoms with van der Waals surface area (Å²) in [5.74, 6) is -1.01. The number of halogens is 2. The molecule has 0 fully saturated rings. The number of benzene rings is 2. The number of anilines is 1. The summed E-state index contributed by atoms with van der Waals surface area (Å²) in [6, 6.07) is 9.92. The van der Waals surface area contributed by atoms with Crippen LogP contribution in [0.4, 0.5) is 10.1 Å². The van der Waals surface area contributed by atoms with Gasteiger partial charge in [-0.25, -0.2) is 9.37 Å². The Balaban J connectivity index is 1.66. The molecule has 152 valence electrons. The van der Waals surface area contributed by atoms with Crippen LogP contribution in [0.25, 0.3) is 21.3 Å². The van der Waals surface area contributed by atoms with Gasteiger partial charge in [0.15, 0.2) is 0 Å². The van der Waals surface area contributed by atoms with Gasteiger partial charge in [0, 0.05) is 16.6 Å². The molecular formula is C22H17ClFN3O2S. The van der Waals surface area contributed by atoms with Crippen LogP contribution in [0.2, 0.25) is 5.02 Å². The molecule has 0 spiro atoms. The maximum Gasteiger partial charge on any atom is 0.263 e. The largest absolute Gasteiger partial charge is 0.324 e. The zero-order valence-corrected chi connectivity index (χ0v) is 17.8. The van der Waals surface area contributed by atoms with Crippen molar-refractivity contribution in [3.63, 3.8) is 0 Å². The van der Waals surface area contributed by atoms with Crippen molar-refractivity contribution in [2.24, 2.45) is 0 Å². The summed E-state index contributed by atoms with van der Waals surface area (Å²) >= 11 is 7.13. The Morgan fingerprint density at radius 2 is 2.00 bits per heavy atom. The van der Waals surface area contributed by atoms with Gasteiger partial charge in [-0.05, 0) is 48.7 Å². The van der Waals surface area contributed by atoms with E-state index in [9.17, 15) is 14.0 Å². The third-order valence-corrected chi connectivity index (χ3v) is 6.07. The number of nitrogens with one attached hydrogen (secondary N) is 1. The highest BCUT2D eigenvalue weighted by Crippen LogP contribution is 2.31. The number of carbonyl (C=O) groups excluding carboxylic acids is 1. The standard InChI is InChI=1S/C22H17ClFN3O2S/c1-12-3-4-14(7-13(12)2)16-10-30-21-20(16)22(29)27(11-25-21)9-19(28)26-15-5-6-18(24)17(23)8-15/h3-8,10-11H,9H2,1-2H3,(H,26,28). The number of carbonyl (C=O) groups is 1. The van der Waals surface area contributed by atoms with Gasteiger partial charge in [0.2, 0.25) is 5.91 Å². The van der Waals surface area contributed by atoms with Crippen LogP contribution in [0, 0.1) is 19.7 Å². The third kappa shape index (κ3) is 3.86. The van der Waals surface area contributed by atoms with Crippen molar-refractivity contribution in [1.29, 1.82) is 0 Å². The highest BCUT2D eigenvalue weighted by Gasteiger charge is 2.15. The first-order chi connectivity index (χ1) is 14.3. The first kappa shape index (κ1) is 20.3. The van der Waals surface area contributed by atoms with E-state index in [0.717, 1.165) is 16.7 Å². The molecule has 0 aliphatic rings. The number of amides is 1. The van der Waals surface area contributed by atoms with E-state index in [1.165, 1.54) is 46.0 Å². The molecule has 0 saturated carbocycles. The minimum absolute atomic E-state index is 0.0932. The lowest BCUT2D eigenvalue weighted by atomic mass is 10.0. The second-order valence-corrected chi connectivity index (χ2v) is 8.25. The molecule has 5 nitrogen and oxygen atoms in total. The molecule has 8 heteroatoms. The third-order valence-electron chi connectivity index (χ3n) is 4.90. The number of hydrogen-bond donors (Lipinski definition) is 1. The average Bonchev–Trinajstić information content (AvgIpc) is 3.14. The van der Waals surface area contributed by atoms with E-state index < -0.39 is 11.7 Å². The molecule has 2 aromatic carbocycles. The van der Waals surface area contributed by atoms with Gasteiger partial charge in [-0.15, -0.1) is 11.3 Å². The number of nitrogens with zero attached hydrogens (tertiary/aromatic N) is 2. The predicted octanol–water partition coefficient (Wildman–Crippen LogP) is 5.17. The average molecular weight is 442 g/mol. The molecule has 0 bridgehead atoms. The van der Waals surface area contributed by atoms with Crippen molar-refractivity contribution >= 4 is 44.7 Å². The summed E-state index contributed by atoms with van der Waals surface area (Å²) in [5.41, 5.74) is 4.10. The zero-order valence-electron chi connectivity index (χ0n) is 16.2. The van der Waals surface area contributed by atoms with Gasteiger partial charge in [0.1, 0.15) is 17.2 Å². The second kappa shape index (κ2) is 8.01. The molecule has 1 amide bonds. The van der Waals surface area contributed by atoms with Crippen LogP contribution in [0.3, 0.4) is 0 Å². The van der Waals surface area contributed by atoms with Crippen LogP contribution < -0.4 is 10.9 Å². The number of rotatable bonds is 4. The molecular weight excluding hydrogens is 425 g/mol. The number of aromatic nitrogens is 2. The van der Waals surface area contributed by atoms with E-state index in [-0.39, 0.29) is 17.1 Å². The molecule has 0 unspecified atom stereocenters. The molecule has 0 radical (unpaired) electrons. The van der Waals surface area contributed by atoms with Gasteiger partial charge >= 0.3 is 0 Å². The summed E-state index contributed by atoms with van der Waals surface area (Å²) in [6.07, 6.45) is 1.36. The Bertz CT molecular complexity index is 1350. The molecule has 1 N–H and O–H groups in total. The normalized spacial score (nSPS) is 11.1. The lowest BCUT2D eigenvalue weighted by Crippen LogP contribution is -2.27. The van der Waals surface area contributed by atoms with Crippen molar-refractivity contribution in [3.05, 3.63) is 80.4 Å². The molecule has 0 saturated heterocycles. The Kier molecular flexibility index (Phi) is 5.40. The maximum absolute atomic E-state index is 13.3. The smallest absolute Gasteiger partial charge is 0.263 e. The molecule has 2 aromatic heterocycles. The first-order valence-corrected chi connectivity index (χ1v) is 10.4. The van der Waals surface area contributed by atoms with Crippen LogP contribution in [-0.4, -0.2) is 15.5 Å². The Morgan fingerprint density at radius 3 is 2.73 bits per heavy atom. The van der Waals surface area contributed by atoms with Crippen molar-refractivity contribution in [2.75, 3.05) is 5.32 Å². The molecule has 30 heavy (non-hydrogen) atoms. The SMILES string of the molecule is Cc1ccc(-c2csc3ncn(CC(=O)Nc4ccc(F)c(Cl)c4)c(=O)c23)cc1C. The lowest BCUT2D eigenvalue weighted by Gasteiger charge is -2.09. The summed E-state index contributed by atoms with van der Waals surface area (Å²) < 4.78 is 14.5. The highest BCUT2D eigenvalue weighted by molar-refractivity contribution is 7.17. The van der Waals surface area contributed by atoms with Crippen molar-refractivity contribution in [2.45, 2.75) is 20.4 Å². The quantitative estimate of drug-likeness (QED) is 0.475. The first-order valence-electron chi connectivity index (χ1n) is 9.12. The van der Waals surface area contributed by atoms with Crippen molar-refractivity contribution in [1.82, 2.24) is 9.55 Å². The summed E-state index contributed by atoms with van der Waals surface area (Å²) in [4.78, 5) is 30.5. The van der Waals surface area contributed by atoms with Crippen LogP contribution in [0.15, 0.2) is 52.9 Å². The van der Waals surface area contributed by atoms with Gasteiger partial charge in [-0.2, -0.15) is 0 Å². The second-order valence-electron chi connectivity index (χ2n) is 6.98. The van der Waals surface area contributed by atoms with Crippen LogP contribution in [0.5, 0.6) is 0 Å². The fourth-order valence-corrected chi connectivity index (χ4v) is 4.22. The van der Waals surface area contributed by atoms with Gasteiger partial charge in [0.25, 0.3) is 5.56 Å². The maximum atomic E-state index is 13.3. The minimum Gasteiger partial charge on any atom is -0.324 e. The fraction of sp³-hybridized carbons (Fsp3) is 0.136. The minimum atomic E-state index is -0.572. The van der Waals surface area contributed by atoms with E-state index in [1.54, 1.807) is 0 Å². The van der Waals surface area contributed by atoms with Gasteiger partial charge < -0.3 is 5.32 Å². The van der Waals surface area contributed by atoms with E-state index in [4.69, 9.17) is 11.6 Å². The number of thiophene rings is 1. The predicted molar refractivity (Wildman–Crippen MR) is 119 cm³/mol. The van der Waals surface area contributed by atoms with Gasteiger partial charge in [0.05, 0.1) is 16.7 Å². The van der Waals surface area contributed by atoms with Gasteiger partial charge in [-0.1, -0.05) is 29.8 Å². The Morgan fingerprint density at radius 1 is 1.20 bits per heavy atom. The van der Waals surface area contributed by atoms with E-state index in [0.29, 0.717) is 15.9 Å². The molecule has 0 aliphatic heterocycles. The monoisotopic (exact) mass is 441 g/mol. The van der Waals surface area contributed by atoms with E-state index in [1.807, 2.05) is 37.4 Å². The Labute approximate surface area is 180 Å². The van der Waals surface area contributed by atoms with E-state index >= 15 is 0 Å². The number of hydrogen-bond acceptors (Lipinski definition) is 4. The zero-order chi connectivity index (χ0) is 21.4. The van der Waals surface area contributed by atoms with E-state index in [2.05, 4.69) is 10.3 Å². The molecule has 0 atom stereocenters. The summed E-state index contributed by atoms with van der Waals surface area (Å²) in [6.45, 7) is 3.83. The number of fused-ring (bicyclic) bond motifs is 1. The van der Waals surface area contributed by atoms with Gasteiger partial charge in [-0.3, -0.25) is 14.2 Å². The van der Waals surface area contributed by atoms with Crippen LogP contribution >= 0.6 is 22.9 Å². The summed E-state index contributed by atoms with van der Waals surface area (Å²) in [7, 11) is 0. The fourth-order valence-electron chi connectivity index (χ4n) is 3.13. The van der Waals surface area contributed by atoms with Crippen molar-refractivity contribution in [3.8, 4) is 11.1 Å². The topological polar surface area (TPSA) is 64.0 Å². The molecule has 4 rings (SSSR count). The molecule has 4 aromatic rings. The molecule has 0 aliphatic carbocycles. The lowest BCUT2D eigenvalue weighted by molar-refractivity contribution is -0.116. The van der Waals surface area contributed by atoms with Crippen LogP contribution in [0.1, 0.15) is 11.1 Å². The molecule has 2 heterocycles.